The van der Waals surface area contributed by atoms with Gasteiger partial charge in [0.2, 0.25) is 0 Å². The highest BCUT2D eigenvalue weighted by atomic mass is 79.9. The lowest BCUT2D eigenvalue weighted by Crippen LogP contribution is -2.20. The third-order valence-electron chi connectivity index (χ3n) is 4.48. The number of carbonyl (C=O) groups excluding carboxylic acids is 1. The predicted molar refractivity (Wildman–Crippen MR) is 126 cm³/mol. The zero-order valence-electron chi connectivity index (χ0n) is 16.6. The number of halogens is 2. The van der Waals surface area contributed by atoms with Crippen molar-refractivity contribution >= 4 is 56.6 Å². The van der Waals surface area contributed by atoms with E-state index in [1.54, 1.807) is 39.8 Å². The molecular weight excluding hydrogens is 491 g/mol. The number of nitrogens with zero attached hydrogens (tertiary/aromatic N) is 2. The lowest BCUT2D eigenvalue weighted by molar-refractivity contribution is 0.262. The van der Waals surface area contributed by atoms with Gasteiger partial charge in [-0.05, 0) is 56.7 Å². The zero-order valence-corrected chi connectivity index (χ0v) is 19.8. The Bertz CT molecular complexity index is 1050. The molecule has 0 radical (unpaired) electrons. The second-order valence-corrected chi connectivity index (χ2v) is 10.1. The Balaban J connectivity index is 1.84. The maximum Gasteiger partial charge on any atom is 0.354 e. The van der Waals surface area contributed by atoms with Crippen LogP contribution in [0.4, 0.5) is 20.7 Å². The Morgan fingerprint density at radius 2 is 1.93 bits per heavy atom. The van der Waals surface area contributed by atoms with Gasteiger partial charge in [0.1, 0.15) is 5.69 Å². The first-order valence-electron chi connectivity index (χ1n) is 9.45. The molecule has 160 valence electrons. The van der Waals surface area contributed by atoms with Crippen molar-refractivity contribution in [1.82, 2.24) is 9.55 Å². The Morgan fingerprint density at radius 3 is 2.63 bits per heavy atom. The number of nitrogens with one attached hydrogen (secondary N) is 2. The molecule has 3 rings (SSSR count). The third-order valence-corrected chi connectivity index (χ3v) is 7.54. The van der Waals surface area contributed by atoms with Crippen molar-refractivity contribution in [3.8, 4) is 5.69 Å². The van der Waals surface area contributed by atoms with E-state index >= 15 is 0 Å². The summed E-state index contributed by atoms with van der Waals surface area (Å²) in [5.41, 5.74) is 1.61. The molecule has 0 fully saturated rings. The molecule has 10 heteroatoms. The minimum absolute atomic E-state index is 0.236. The van der Waals surface area contributed by atoms with Gasteiger partial charge in [0.15, 0.2) is 5.82 Å². The molecule has 2 N–H and O–H groups in total. The number of hydrogen-bond acceptors (Lipinski definition) is 5. The van der Waals surface area contributed by atoms with Gasteiger partial charge < -0.3 is 5.32 Å². The molecule has 0 aliphatic carbocycles. The summed E-state index contributed by atoms with van der Waals surface area (Å²) in [5.74, 6) is 1.04. The average Bonchev–Trinajstić information content (AvgIpc) is 3.03. The number of anilines is 2. The van der Waals surface area contributed by atoms with Crippen LogP contribution in [0.1, 0.15) is 29.8 Å². The molecular formula is C20H22BrFN4O2S2. The standard InChI is InChI=1S/C20H22BrFN4O2S2/c1-12-13(2)30-18(29-11-5-3-4-10-22)16-17(25-20(28)26(12)16)24-19(27)23-15-8-6-14(21)7-9-15/h6-9H,3-5,10-11H2,1-2H3,(H2,23,24,25,27,28). The van der Waals surface area contributed by atoms with Crippen molar-refractivity contribution in [3.05, 3.63) is 49.8 Å². The fourth-order valence-electron chi connectivity index (χ4n) is 2.84. The lowest BCUT2D eigenvalue weighted by Gasteiger charge is -2.15. The van der Waals surface area contributed by atoms with E-state index in [0.717, 1.165) is 37.8 Å². The average molecular weight is 513 g/mol. The topological polar surface area (TPSA) is 76.0 Å². The number of thioether (sulfide) groups is 1. The van der Waals surface area contributed by atoms with E-state index in [2.05, 4.69) is 31.5 Å². The van der Waals surface area contributed by atoms with Gasteiger partial charge in [-0.25, -0.2) is 9.59 Å². The minimum atomic E-state index is -0.473. The molecule has 0 saturated heterocycles. The Labute approximate surface area is 190 Å². The zero-order chi connectivity index (χ0) is 21.7. The summed E-state index contributed by atoms with van der Waals surface area (Å²) in [5, 5.41) is 5.46. The molecule has 0 aromatic heterocycles. The molecule has 0 unspecified atom stereocenters. The number of hydrogen-bond donors (Lipinski definition) is 2. The maximum absolute atomic E-state index is 12.5. The number of alkyl halides is 1. The van der Waals surface area contributed by atoms with E-state index in [-0.39, 0.29) is 12.5 Å². The fraction of sp³-hybridized carbons (Fsp3) is 0.350. The van der Waals surface area contributed by atoms with Gasteiger partial charge in [0.25, 0.3) is 0 Å². The molecule has 6 nitrogen and oxygen atoms in total. The Morgan fingerprint density at radius 1 is 1.20 bits per heavy atom. The first kappa shape index (κ1) is 22.8. The monoisotopic (exact) mass is 512 g/mol. The molecule has 0 saturated carbocycles. The van der Waals surface area contributed by atoms with Crippen LogP contribution in [0.15, 0.2) is 37.7 Å². The second-order valence-electron chi connectivity index (χ2n) is 6.64. The van der Waals surface area contributed by atoms with E-state index in [1.807, 2.05) is 26.0 Å². The third kappa shape index (κ3) is 5.41. The lowest BCUT2D eigenvalue weighted by atomic mass is 10.3. The number of rotatable bonds is 8. The summed E-state index contributed by atoms with van der Waals surface area (Å²) >= 11 is 6.53. The minimum Gasteiger partial charge on any atom is -0.308 e. The van der Waals surface area contributed by atoms with Crippen LogP contribution in [0.2, 0.25) is 0 Å². The van der Waals surface area contributed by atoms with Crippen LogP contribution in [0.3, 0.4) is 0 Å². The molecule has 30 heavy (non-hydrogen) atoms. The van der Waals surface area contributed by atoms with Crippen LogP contribution >= 0.6 is 39.0 Å². The highest BCUT2D eigenvalue weighted by Gasteiger charge is 2.24. The van der Waals surface area contributed by atoms with Gasteiger partial charge in [-0.3, -0.25) is 14.3 Å². The number of urea groups is 1. The van der Waals surface area contributed by atoms with E-state index in [4.69, 9.17) is 0 Å². The molecule has 2 aliphatic rings. The highest BCUT2D eigenvalue weighted by molar-refractivity contribution is 9.10. The number of aryl methyl sites for hydroxylation is 1. The molecule has 2 amide bonds. The van der Waals surface area contributed by atoms with Crippen molar-refractivity contribution in [1.29, 1.82) is 0 Å². The van der Waals surface area contributed by atoms with Crippen LogP contribution in [0.25, 0.3) is 5.69 Å². The summed E-state index contributed by atoms with van der Waals surface area (Å²) in [6.07, 6.45) is 2.26. The van der Waals surface area contributed by atoms with Crippen molar-refractivity contribution in [2.75, 3.05) is 23.1 Å². The van der Waals surface area contributed by atoms with Gasteiger partial charge in [0.05, 0.1) is 10.9 Å². The largest absolute Gasteiger partial charge is 0.354 e. The summed E-state index contributed by atoms with van der Waals surface area (Å²) in [7, 11) is 0. The van der Waals surface area contributed by atoms with Crippen molar-refractivity contribution in [2.45, 2.75) is 37.3 Å². The number of imidazole rings is 1. The van der Waals surface area contributed by atoms with Gasteiger partial charge in [-0.2, -0.15) is 4.98 Å². The van der Waals surface area contributed by atoms with Crippen molar-refractivity contribution in [2.24, 2.45) is 0 Å². The van der Waals surface area contributed by atoms with E-state index in [1.165, 1.54) is 0 Å². The van der Waals surface area contributed by atoms with Crippen LogP contribution in [-0.4, -0.2) is 28.0 Å². The first-order chi connectivity index (χ1) is 14.4. The molecule has 2 aliphatic heterocycles. The molecule has 1 aromatic rings. The smallest absolute Gasteiger partial charge is 0.308 e. The number of amides is 2. The highest BCUT2D eigenvalue weighted by Crippen LogP contribution is 2.38. The van der Waals surface area contributed by atoms with E-state index in [0.29, 0.717) is 17.8 Å². The van der Waals surface area contributed by atoms with Crippen LogP contribution in [0.5, 0.6) is 0 Å². The van der Waals surface area contributed by atoms with E-state index in [9.17, 15) is 14.0 Å². The molecule has 2 heterocycles. The second kappa shape index (κ2) is 10.4. The summed E-state index contributed by atoms with van der Waals surface area (Å²) < 4.78 is 15.7. The number of carbonyl (C=O) groups is 1. The maximum atomic E-state index is 12.5. The quantitative estimate of drug-likeness (QED) is 0.287. The van der Waals surface area contributed by atoms with Gasteiger partial charge in [0, 0.05) is 20.7 Å². The van der Waals surface area contributed by atoms with Gasteiger partial charge in [-0.1, -0.05) is 22.4 Å². The molecule has 1 aromatic carbocycles. The van der Waals surface area contributed by atoms with Gasteiger partial charge in [-0.15, -0.1) is 23.1 Å². The Kier molecular flexibility index (Phi) is 7.90. The SMILES string of the molecule is Cc1sc(SCCCCCF)c2c(NC(=O)Nc3ccc(Br)cc3)nc(=O)n-2c1C. The predicted octanol–water partition coefficient (Wildman–Crippen LogP) is 5.99. The van der Waals surface area contributed by atoms with Crippen molar-refractivity contribution in [3.63, 3.8) is 0 Å². The number of benzene rings is 1. The summed E-state index contributed by atoms with van der Waals surface area (Å²) in [4.78, 5) is 30.1. The summed E-state index contributed by atoms with van der Waals surface area (Å²) in [6, 6.07) is 6.70. The van der Waals surface area contributed by atoms with Crippen molar-refractivity contribution < 1.29 is 9.18 Å². The Hall–Kier alpha value is -1.91. The van der Waals surface area contributed by atoms with Gasteiger partial charge >= 0.3 is 11.7 Å². The van der Waals surface area contributed by atoms with Crippen LogP contribution in [-0.2, 0) is 0 Å². The van der Waals surface area contributed by atoms with Crippen LogP contribution < -0.4 is 16.3 Å². The first-order valence-corrected chi connectivity index (χ1v) is 12.1. The number of fused-ring (bicyclic) bond motifs is 1. The molecule has 0 atom stereocenters. The van der Waals surface area contributed by atoms with E-state index < -0.39 is 11.7 Å². The normalized spacial score (nSPS) is 11.1. The summed E-state index contributed by atoms with van der Waals surface area (Å²) in [6.45, 7) is 3.52. The molecule has 0 spiro atoms. The number of aromatic nitrogens is 2. The van der Waals surface area contributed by atoms with Crippen LogP contribution in [0, 0.1) is 13.8 Å². The fourth-order valence-corrected chi connectivity index (χ4v) is 5.63. The number of unbranched alkanes of at least 4 members (excludes halogenated alkanes) is 2. The molecule has 0 bridgehead atoms.